The number of carbonyl (C=O) groups is 1. The summed E-state index contributed by atoms with van der Waals surface area (Å²) in [4.78, 5) is 27.3. The van der Waals surface area contributed by atoms with E-state index in [-0.39, 0.29) is 12.1 Å². The minimum absolute atomic E-state index is 0.0295. The van der Waals surface area contributed by atoms with E-state index < -0.39 is 0 Å². The van der Waals surface area contributed by atoms with Crippen molar-refractivity contribution in [2.45, 2.75) is 19.4 Å². The molecule has 3 heterocycles. The van der Waals surface area contributed by atoms with E-state index >= 15 is 0 Å². The van der Waals surface area contributed by atoms with Crippen LogP contribution in [0.3, 0.4) is 0 Å². The average Bonchev–Trinajstić information content (AvgIpc) is 2.66. The van der Waals surface area contributed by atoms with Crippen molar-refractivity contribution in [3.63, 3.8) is 0 Å². The summed E-state index contributed by atoms with van der Waals surface area (Å²) in [6.45, 7) is 9.58. The first-order valence-corrected chi connectivity index (χ1v) is 9.10. The number of carbonyl (C=O) groups excluding carboxylic acids is 1. The molecule has 138 valence electrons. The molecule has 0 aromatic carbocycles. The van der Waals surface area contributed by atoms with Gasteiger partial charge in [-0.15, -0.1) is 0 Å². The number of hydrogen-bond acceptors (Lipinski definition) is 6. The van der Waals surface area contributed by atoms with E-state index in [2.05, 4.69) is 25.1 Å². The number of anilines is 1. The SMILES string of the molecule is CC1COCCN1C(=O)NCCCN1CCN(c2ncccn2)CC1. The third kappa shape index (κ3) is 5.02. The number of aromatic nitrogens is 2. The molecule has 1 aromatic heterocycles. The number of rotatable bonds is 5. The van der Waals surface area contributed by atoms with Gasteiger partial charge in [-0.25, -0.2) is 14.8 Å². The molecule has 1 atom stereocenters. The number of piperazine rings is 1. The van der Waals surface area contributed by atoms with Crippen LogP contribution in [-0.4, -0.2) is 90.9 Å². The highest BCUT2D eigenvalue weighted by Gasteiger charge is 2.23. The smallest absolute Gasteiger partial charge is 0.317 e. The maximum absolute atomic E-state index is 12.2. The second-order valence-electron chi connectivity index (χ2n) is 6.58. The molecule has 25 heavy (non-hydrogen) atoms. The number of morpholine rings is 1. The Morgan fingerprint density at radius 2 is 2.00 bits per heavy atom. The number of nitrogens with one attached hydrogen (secondary N) is 1. The Labute approximate surface area is 149 Å². The van der Waals surface area contributed by atoms with E-state index in [0.717, 1.165) is 45.1 Å². The largest absolute Gasteiger partial charge is 0.377 e. The third-order valence-corrected chi connectivity index (χ3v) is 4.76. The van der Waals surface area contributed by atoms with Crippen LogP contribution in [0.15, 0.2) is 18.5 Å². The van der Waals surface area contributed by atoms with E-state index in [1.807, 2.05) is 17.9 Å². The Morgan fingerprint density at radius 3 is 2.72 bits per heavy atom. The van der Waals surface area contributed by atoms with Crippen molar-refractivity contribution in [2.24, 2.45) is 0 Å². The topological polar surface area (TPSA) is 73.8 Å². The highest BCUT2D eigenvalue weighted by atomic mass is 16.5. The Hall–Kier alpha value is -1.93. The fourth-order valence-electron chi connectivity index (χ4n) is 3.25. The average molecular weight is 348 g/mol. The fourth-order valence-corrected chi connectivity index (χ4v) is 3.25. The molecular weight excluding hydrogens is 320 g/mol. The van der Waals surface area contributed by atoms with Crippen molar-refractivity contribution < 1.29 is 9.53 Å². The van der Waals surface area contributed by atoms with Crippen molar-refractivity contribution in [3.05, 3.63) is 18.5 Å². The third-order valence-electron chi connectivity index (χ3n) is 4.76. The molecule has 0 aliphatic carbocycles. The molecule has 0 spiro atoms. The van der Waals surface area contributed by atoms with Gasteiger partial charge in [0.25, 0.3) is 0 Å². The maximum atomic E-state index is 12.2. The van der Waals surface area contributed by atoms with Crippen LogP contribution in [0, 0.1) is 0 Å². The minimum Gasteiger partial charge on any atom is -0.377 e. The molecule has 3 rings (SSSR count). The molecule has 1 aromatic rings. The first-order valence-electron chi connectivity index (χ1n) is 9.10. The van der Waals surface area contributed by atoms with Gasteiger partial charge in [0.05, 0.1) is 19.3 Å². The van der Waals surface area contributed by atoms with Crippen molar-refractivity contribution in [2.75, 3.05) is 63.9 Å². The number of urea groups is 1. The summed E-state index contributed by atoms with van der Waals surface area (Å²) >= 11 is 0. The first-order chi connectivity index (χ1) is 12.2. The summed E-state index contributed by atoms with van der Waals surface area (Å²) in [6, 6.07) is 2.02. The zero-order chi connectivity index (χ0) is 17.5. The van der Waals surface area contributed by atoms with Crippen molar-refractivity contribution >= 4 is 12.0 Å². The molecule has 0 radical (unpaired) electrons. The van der Waals surface area contributed by atoms with E-state index in [0.29, 0.717) is 26.3 Å². The summed E-state index contributed by atoms with van der Waals surface area (Å²) < 4.78 is 5.37. The van der Waals surface area contributed by atoms with Crippen molar-refractivity contribution in [1.82, 2.24) is 25.1 Å². The quantitative estimate of drug-likeness (QED) is 0.778. The van der Waals surface area contributed by atoms with Gasteiger partial charge in [0.1, 0.15) is 0 Å². The molecule has 2 saturated heterocycles. The standard InChI is InChI=1S/C17H28N6O2/c1-15-14-25-13-12-23(15)17(24)20-6-3-7-21-8-10-22(11-9-21)16-18-4-2-5-19-16/h2,4-5,15H,3,6-14H2,1H3,(H,20,24). The van der Waals surface area contributed by atoms with Crippen LogP contribution < -0.4 is 10.2 Å². The lowest BCUT2D eigenvalue weighted by Gasteiger charge is -2.35. The van der Waals surface area contributed by atoms with Gasteiger partial charge in [-0.05, 0) is 26.0 Å². The highest BCUT2D eigenvalue weighted by Crippen LogP contribution is 2.10. The van der Waals surface area contributed by atoms with Gasteiger partial charge in [0, 0.05) is 51.7 Å². The Balaban J connectivity index is 1.30. The number of hydrogen-bond donors (Lipinski definition) is 1. The monoisotopic (exact) mass is 348 g/mol. The normalized spacial score (nSPS) is 22.0. The molecule has 0 saturated carbocycles. The van der Waals surface area contributed by atoms with Crippen LogP contribution in [0.1, 0.15) is 13.3 Å². The summed E-state index contributed by atoms with van der Waals surface area (Å²) in [7, 11) is 0. The van der Waals surface area contributed by atoms with Gasteiger partial charge >= 0.3 is 6.03 Å². The van der Waals surface area contributed by atoms with Gasteiger partial charge in [-0.2, -0.15) is 0 Å². The van der Waals surface area contributed by atoms with Crippen LogP contribution in [-0.2, 0) is 4.74 Å². The molecule has 8 heteroatoms. The lowest BCUT2D eigenvalue weighted by molar-refractivity contribution is 0.0190. The number of ether oxygens (including phenoxy) is 1. The highest BCUT2D eigenvalue weighted by molar-refractivity contribution is 5.74. The minimum atomic E-state index is 0.0295. The van der Waals surface area contributed by atoms with Gasteiger partial charge in [0.15, 0.2) is 0 Å². The summed E-state index contributed by atoms with van der Waals surface area (Å²) in [6.07, 6.45) is 4.53. The zero-order valence-electron chi connectivity index (χ0n) is 14.9. The number of nitrogens with zero attached hydrogens (tertiary/aromatic N) is 5. The lowest BCUT2D eigenvalue weighted by Crippen LogP contribution is -2.51. The van der Waals surface area contributed by atoms with Crippen LogP contribution in [0.2, 0.25) is 0 Å². The maximum Gasteiger partial charge on any atom is 0.317 e. The second kappa shape index (κ2) is 8.96. The van der Waals surface area contributed by atoms with Gasteiger partial charge in [-0.3, -0.25) is 4.90 Å². The second-order valence-corrected chi connectivity index (χ2v) is 6.58. The zero-order valence-corrected chi connectivity index (χ0v) is 14.9. The van der Waals surface area contributed by atoms with E-state index in [1.165, 1.54) is 0 Å². The van der Waals surface area contributed by atoms with Crippen molar-refractivity contribution in [3.8, 4) is 0 Å². The molecule has 2 amide bonds. The number of amides is 2. The first kappa shape index (κ1) is 17.9. The van der Waals surface area contributed by atoms with Gasteiger partial charge in [0.2, 0.25) is 5.95 Å². The van der Waals surface area contributed by atoms with Crippen molar-refractivity contribution in [1.29, 1.82) is 0 Å². The molecule has 0 bridgehead atoms. The summed E-state index contributed by atoms with van der Waals surface area (Å²) in [5.41, 5.74) is 0. The van der Waals surface area contributed by atoms with Crippen LogP contribution in [0.5, 0.6) is 0 Å². The van der Waals surface area contributed by atoms with Crippen LogP contribution in [0.4, 0.5) is 10.7 Å². The predicted molar refractivity (Wildman–Crippen MR) is 95.7 cm³/mol. The van der Waals surface area contributed by atoms with E-state index in [1.54, 1.807) is 12.4 Å². The van der Waals surface area contributed by atoms with Gasteiger partial charge in [-0.1, -0.05) is 0 Å². The molecule has 1 N–H and O–H groups in total. The molecule has 2 fully saturated rings. The van der Waals surface area contributed by atoms with E-state index in [4.69, 9.17) is 4.74 Å². The molecule has 1 unspecified atom stereocenters. The fraction of sp³-hybridized carbons (Fsp3) is 0.706. The van der Waals surface area contributed by atoms with Gasteiger partial charge < -0.3 is 19.9 Å². The molecule has 2 aliphatic heterocycles. The van der Waals surface area contributed by atoms with Crippen LogP contribution in [0.25, 0.3) is 0 Å². The Morgan fingerprint density at radius 1 is 1.24 bits per heavy atom. The van der Waals surface area contributed by atoms with Crippen LogP contribution >= 0.6 is 0 Å². The lowest BCUT2D eigenvalue weighted by atomic mass is 10.2. The molecular formula is C17H28N6O2. The predicted octanol–water partition coefficient (Wildman–Crippen LogP) is 0.419. The molecule has 8 nitrogen and oxygen atoms in total. The summed E-state index contributed by atoms with van der Waals surface area (Å²) in [5, 5.41) is 3.03. The van der Waals surface area contributed by atoms with E-state index in [9.17, 15) is 4.79 Å². The molecule has 2 aliphatic rings. The summed E-state index contributed by atoms with van der Waals surface area (Å²) in [5.74, 6) is 0.814. The Bertz CT molecular complexity index is 535. The Kier molecular flexibility index (Phi) is 6.41.